The number of carbonyl (C=O) groups excluding carboxylic acids is 1. The third-order valence-electron chi connectivity index (χ3n) is 2.61. The van der Waals surface area contributed by atoms with Crippen LogP contribution in [0.25, 0.3) is 0 Å². The van der Waals surface area contributed by atoms with Gasteiger partial charge in [0.25, 0.3) is 0 Å². The molecule has 0 radical (unpaired) electrons. The number of hydrogen-bond acceptors (Lipinski definition) is 3. The lowest BCUT2D eigenvalue weighted by Gasteiger charge is -2.15. The molecule has 1 atom stereocenters. The van der Waals surface area contributed by atoms with Gasteiger partial charge in [-0.15, -0.1) is 11.3 Å². The van der Waals surface area contributed by atoms with Crippen LogP contribution in [0.5, 0.6) is 0 Å². The second-order valence-corrected chi connectivity index (χ2v) is 7.40. The normalized spacial score (nSPS) is 12.4. The number of hydrogen-bond donors (Lipinski definition) is 2. The maximum absolute atomic E-state index is 11.7. The van der Waals surface area contributed by atoms with Crippen LogP contribution in [0, 0.1) is 11.8 Å². The van der Waals surface area contributed by atoms with E-state index in [1.54, 1.807) is 0 Å². The van der Waals surface area contributed by atoms with Crippen LogP contribution in [0.3, 0.4) is 0 Å². The van der Waals surface area contributed by atoms with Crippen LogP contribution in [0.2, 0.25) is 0 Å². The minimum Gasteiger partial charge on any atom is -0.481 e. The SMILES string of the molecule is CC(C)CC(CNC(=O)Cc1ccc(Br)s1)C(=O)O. The smallest absolute Gasteiger partial charge is 0.308 e. The van der Waals surface area contributed by atoms with Gasteiger partial charge >= 0.3 is 5.97 Å². The van der Waals surface area contributed by atoms with Gasteiger partial charge in [-0.2, -0.15) is 0 Å². The monoisotopic (exact) mass is 347 g/mol. The van der Waals surface area contributed by atoms with Gasteiger partial charge in [0.05, 0.1) is 16.1 Å². The Morgan fingerprint density at radius 3 is 2.58 bits per heavy atom. The van der Waals surface area contributed by atoms with Crippen LogP contribution >= 0.6 is 27.3 Å². The number of amides is 1. The van der Waals surface area contributed by atoms with Gasteiger partial charge < -0.3 is 10.4 Å². The summed E-state index contributed by atoms with van der Waals surface area (Å²) in [5.41, 5.74) is 0. The lowest BCUT2D eigenvalue weighted by atomic mass is 9.97. The molecule has 1 unspecified atom stereocenters. The number of thiophene rings is 1. The minimum absolute atomic E-state index is 0.135. The zero-order chi connectivity index (χ0) is 14.4. The molecule has 1 heterocycles. The van der Waals surface area contributed by atoms with Crippen molar-refractivity contribution in [3.8, 4) is 0 Å². The maximum atomic E-state index is 11.7. The molecule has 0 aliphatic carbocycles. The predicted molar refractivity (Wildman–Crippen MR) is 79.3 cm³/mol. The van der Waals surface area contributed by atoms with Crippen molar-refractivity contribution in [1.82, 2.24) is 5.32 Å². The van der Waals surface area contributed by atoms with E-state index in [2.05, 4.69) is 21.2 Å². The highest BCUT2D eigenvalue weighted by atomic mass is 79.9. The molecule has 2 N–H and O–H groups in total. The molecule has 0 aliphatic heterocycles. The molecule has 4 nitrogen and oxygen atoms in total. The number of carboxylic acids is 1. The van der Waals surface area contributed by atoms with Crippen LogP contribution in [0.4, 0.5) is 0 Å². The van der Waals surface area contributed by atoms with E-state index in [0.717, 1.165) is 8.66 Å². The molecule has 1 rings (SSSR count). The summed E-state index contributed by atoms with van der Waals surface area (Å²) in [5, 5.41) is 11.8. The third kappa shape index (κ3) is 6.20. The highest BCUT2D eigenvalue weighted by Crippen LogP contribution is 2.22. The lowest BCUT2D eigenvalue weighted by Crippen LogP contribution is -2.34. The second-order valence-electron chi connectivity index (χ2n) is 4.85. The Morgan fingerprint density at radius 1 is 1.42 bits per heavy atom. The fourth-order valence-corrected chi connectivity index (χ4v) is 3.23. The second kappa shape index (κ2) is 7.65. The molecular weight excluding hydrogens is 330 g/mol. The van der Waals surface area contributed by atoms with E-state index in [9.17, 15) is 9.59 Å². The van der Waals surface area contributed by atoms with Crippen LogP contribution in [-0.2, 0) is 16.0 Å². The van der Waals surface area contributed by atoms with Crippen molar-refractivity contribution in [3.05, 3.63) is 20.8 Å². The number of carboxylic acid groups (broad SMARTS) is 1. The highest BCUT2D eigenvalue weighted by Gasteiger charge is 2.19. The average Bonchev–Trinajstić information content (AvgIpc) is 2.69. The van der Waals surface area contributed by atoms with E-state index in [4.69, 9.17) is 5.11 Å². The van der Waals surface area contributed by atoms with E-state index < -0.39 is 11.9 Å². The van der Waals surface area contributed by atoms with Crippen LogP contribution < -0.4 is 5.32 Å². The zero-order valence-corrected chi connectivity index (χ0v) is 13.4. The van der Waals surface area contributed by atoms with Crippen LogP contribution in [0.1, 0.15) is 25.1 Å². The van der Waals surface area contributed by atoms with Gasteiger partial charge in [-0.05, 0) is 40.4 Å². The number of nitrogens with one attached hydrogen (secondary N) is 1. The highest BCUT2D eigenvalue weighted by molar-refractivity contribution is 9.11. The topological polar surface area (TPSA) is 66.4 Å². The van der Waals surface area contributed by atoms with Crippen molar-refractivity contribution in [1.29, 1.82) is 0 Å². The first kappa shape index (κ1) is 16.2. The van der Waals surface area contributed by atoms with E-state index in [1.807, 2.05) is 26.0 Å². The van der Waals surface area contributed by atoms with Crippen LogP contribution in [0.15, 0.2) is 15.9 Å². The largest absolute Gasteiger partial charge is 0.481 e. The fraction of sp³-hybridized carbons (Fsp3) is 0.538. The third-order valence-corrected chi connectivity index (χ3v) is 4.24. The van der Waals surface area contributed by atoms with Crippen molar-refractivity contribution < 1.29 is 14.7 Å². The number of carbonyl (C=O) groups is 2. The molecule has 106 valence electrons. The molecule has 1 amide bonds. The Morgan fingerprint density at radius 2 is 2.11 bits per heavy atom. The van der Waals surface area contributed by atoms with Gasteiger partial charge in [-0.1, -0.05) is 13.8 Å². The molecule has 0 spiro atoms. The number of aliphatic carboxylic acids is 1. The molecule has 1 aromatic heterocycles. The first-order valence-electron chi connectivity index (χ1n) is 6.12. The molecule has 0 aliphatic rings. The van der Waals surface area contributed by atoms with Gasteiger partial charge in [-0.25, -0.2) is 0 Å². The number of rotatable bonds is 7. The Kier molecular flexibility index (Phi) is 6.51. The van der Waals surface area contributed by atoms with Crippen molar-refractivity contribution >= 4 is 39.1 Å². The maximum Gasteiger partial charge on any atom is 0.308 e. The lowest BCUT2D eigenvalue weighted by molar-refractivity contribution is -0.142. The summed E-state index contributed by atoms with van der Waals surface area (Å²) in [6.45, 7) is 4.14. The minimum atomic E-state index is -0.854. The van der Waals surface area contributed by atoms with E-state index in [0.29, 0.717) is 18.8 Å². The van der Waals surface area contributed by atoms with Crippen LogP contribution in [-0.4, -0.2) is 23.5 Å². The molecule has 0 aromatic carbocycles. The molecule has 6 heteroatoms. The zero-order valence-electron chi connectivity index (χ0n) is 11.0. The molecule has 0 saturated heterocycles. The molecular formula is C13H18BrNO3S. The molecule has 19 heavy (non-hydrogen) atoms. The summed E-state index contributed by atoms with van der Waals surface area (Å²) >= 11 is 4.85. The average molecular weight is 348 g/mol. The van der Waals surface area contributed by atoms with Crippen molar-refractivity contribution in [3.63, 3.8) is 0 Å². The van der Waals surface area contributed by atoms with Gasteiger partial charge in [0.2, 0.25) is 5.91 Å². The van der Waals surface area contributed by atoms with E-state index >= 15 is 0 Å². The molecule has 1 aromatic rings. The van der Waals surface area contributed by atoms with Gasteiger partial charge in [0, 0.05) is 11.4 Å². The summed E-state index contributed by atoms with van der Waals surface area (Å²) in [6, 6.07) is 3.78. The standard InChI is InChI=1S/C13H18BrNO3S/c1-8(2)5-9(13(17)18)7-15-12(16)6-10-3-4-11(14)19-10/h3-4,8-9H,5-7H2,1-2H3,(H,15,16)(H,17,18). The van der Waals surface area contributed by atoms with Crippen molar-refractivity contribution in [2.75, 3.05) is 6.54 Å². The molecule has 0 saturated carbocycles. The van der Waals surface area contributed by atoms with E-state index in [1.165, 1.54) is 11.3 Å². The molecule has 0 bridgehead atoms. The van der Waals surface area contributed by atoms with Crippen molar-refractivity contribution in [2.24, 2.45) is 11.8 Å². The van der Waals surface area contributed by atoms with E-state index in [-0.39, 0.29) is 12.5 Å². The summed E-state index contributed by atoms with van der Waals surface area (Å²) < 4.78 is 0.985. The predicted octanol–water partition coefficient (Wildman–Crippen LogP) is 2.92. The fourth-order valence-electron chi connectivity index (χ4n) is 1.75. The summed E-state index contributed by atoms with van der Waals surface area (Å²) in [4.78, 5) is 23.7. The summed E-state index contributed by atoms with van der Waals surface area (Å²) in [5.74, 6) is -1.21. The van der Waals surface area contributed by atoms with Gasteiger partial charge in [0.1, 0.15) is 0 Å². The number of halogens is 1. The Bertz CT molecular complexity index is 445. The van der Waals surface area contributed by atoms with Gasteiger partial charge in [0.15, 0.2) is 0 Å². The quantitative estimate of drug-likeness (QED) is 0.796. The Balaban J connectivity index is 2.41. The summed E-state index contributed by atoms with van der Waals surface area (Å²) in [6.07, 6.45) is 0.866. The molecule has 0 fully saturated rings. The van der Waals surface area contributed by atoms with Gasteiger partial charge in [-0.3, -0.25) is 9.59 Å². The Hall–Kier alpha value is -0.880. The first-order chi connectivity index (χ1) is 8.88. The summed E-state index contributed by atoms with van der Waals surface area (Å²) in [7, 11) is 0. The van der Waals surface area contributed by atoms with Crippen molar-refractivity contribution in [2.45, 2.75) is 26.7 Å². The first-order valence-corrected chi connectivity index (χ1v) is 7.73. The Labute approximate surface area is 125 Å².